The number of aldehydes is 1. The zero-order chi connectivity index (χ0) is 15.2. The minimum absolute atomic E-state index is 0.182. The van der Waals surface area contributed by atoms with Crippen molar-refractivity contribution in [3.05, 3.63) is 41.6 Å². The van der Waals surface area contributed by atoms with Crippen molar-refractivity contribution in [2.45, 2.75) is 33.2 Å². The number of aromatic nitrogens is 2. The SMILES string of the molecule is Cc1ccc2cc(-c3nn(C(C)(C)C)cc3C=O)oc2c1. The van der Waals surface area contributed by atoms with Crippen LogP contribution in [0.1, 0.15) is 36.7 Å². The van der Waals surface area contributed by atoms with Crippen molar-refractivity contribution < 1.29 is 9.21 Å². The molecule has 0 bridgehead atoms. The van der Waals surface area contributed by atoms with Gasteiger partial charge in [-0.3, -0.25) is 9.48 Å². The first-order chi connectivity index (χ1) is 9.88. The summed E-state index contributed by atoms with van der Waals surface area (Å²) in [5.74, 6) is 0.626. The second-order valence-corrected chi connectivity index (χ2v) is 6.32. The van der Waals surface area contributed by atoms with E-state index in [4.69, 9.17) is 4.42 Å². The second kappa shape index (κ2) is 4.58. The molecule has 0 saturated carbocycles. The van der Waals surface area contributed by atoms with Crippen LogP contribution in [0.3, 0.4) is 0 Å². The van der Waals surface area contributed by atoms with E-state index >= 15 is 0 Å². The van der Waals surface area contributed by atoms with Crippen LogP contribution in [0.25, 0.3) is 22.4 Å². The van der Waals surface area contributed by atoms with Crippen LogP contribution in [-0.4, -0.2) is 16.1 Å². The van der Waals surface area contributed by atoms with Crippen LogP contribution in [0.15, 0.2) is 34.9 Å². The van der Waals surface area contributed by atoms with E-state index in [1.54, 1.807) is 10.9 Å². The first-order valence-corrected chi connectivity index (χ1v) is 6.94. The van der Waals surface area contributed by atoms with E-state index in [1.165, 1.54) is 0 Å². The zero-order valence-electron chi connectivity index (χ0n) is 12.7. The van der Waals surface area contributed by atoms with Gasteiger partial charge in [-0.25, -0.2) is 0 Å². The smallest absolute Gasteiger partial charge is 0.156 e. The normalized spacial score (nSPS) is 12.0. The van der Waals surface area contributed by atoms with Crippen LogP contribution >= 0.6 is 0 Å². The number of fused-ring (bicyclic) bond motifs is 1. The van der Waals surface area contributed by atoms with E-state index in [2.05, 4.69) is 5.10 Å². The molecular weight excluding hydrogens is 264 g/mol. The van der Waals surface area contributed by atoms with E-state index < -0.39 is 0 Å². The molecule has 0 N–H and O–H groups in total. The van der Waals surface area contributed by atoms with E-state index in [-0.39, 0.29) is 5.54 Å². The average Bonchev–Trinajstić information content (AvgIpc) is 3.00. The van der Waals surface area contributed by atoms with Crippen LogP contribution in [0.2, 0.25) is 0 Å². The molecule has 0 aliphatic carbocycles. The molecule has 3 aromatic rings. The van der Waals surface area contributed by atoms with Crippen molar-refractivity contribution in [1.82, 2.24) is 9.78 Å². The van der Waals surface area contributed by atoms with E-state index in [0.717, 1.165) is 22.8 Å². The Bertz CT molecular complexity index is 819. The number of hydrogen-bond donors (Lipinski definition) is 0. The fraction of sp³-hybridized carbons (Fsp3) is 0.294. The maximum Gasteiger partial charge on any atom is 0.156 e. The van der Waals surface area contributed by atoms with Gasteiger partial charge in [0, 0.05) is 11.6 Å². The predicted octanol–water partition coefficient (Wildman–Crippen LogP) is 4.17. The van der Waals surface area contributed by atoms with Gasteiger partial charge in [-0.2, -0.15) is 5.10 Å². The third-order valence-electron chi connectivity index (χ3n) is 3.47. The van der Waals surface area contributed by atoms with Gasteiger partial charge in [0.15, 0.2) is 12.0 Å². The summed E-state index contributed by atoms with van der Waals surface area (Å²) in [5, 5.41) is 5.54. The van der Waals surface area contributed by atoms with Gasteiger partial charge in [-0.1, -0.05) is 12.1 Å². The second-order valence-electron chi connectivity index (χ2n) is 6.32. The lowest BCUT2D eigenvalue weighted by atomic mass is 10.1. The molecule has 108 valence electrons. The van der Waals surface area contributed by atoms with Crippen LogP contribution in [-0.2, 0) is 5.54 Å². The molecule has 0 saturated heterocycles. The Morgan fingerprint density at radius 1 is 1.24 bits per heavy atom. The Morgan fingerprint density at radius 3 is 2.67 bits per heavy atom. The van der Waals surface area contributed by atoms with Gasteiger partial charge in [-0.05, 0) is 45.4 Å². The van der Waals surface area contributed by atoms with Crippen molar-refractivity contribution in [2.24, 2.45) is 0 Å². The topological polar surface area (TPSA) is 48.0 Å². The molecule has 0 radical (unpaired) electrons. The van der Waals surface area contributed by atoms with Crippen LogP contribution < -0.4 is 0 Å². The Kier molecular flexibility index (Phi) is 2.97. The molecule has 0 aliphatic rings. The average molecular weight is 282 g/mol. The number of rotatable bonds is 2. The van der Waals surface area contributed by atoms with Gasteiger partial charge in [0.05, 0.1) is 11.1 Å². The molecule has 0 atom stereocenters. The molecule has 2 heterocycles. The van der Waals surface area contributed by atoms with Crippen molar-refractivity contribution >= 4 is 17.3 Å². The molecule has 0 fully saturated rings. The molecule has 4 nitrogen and oxygen atoms in total. The van der Waals surface area contributed by atoms with Crippen LogP contribution in [0, 0.1) is 6.92 Å². The number of aryl methyl sites for hydroxylation is 1. The molecule has 1 aromatic carbocycles. The largest absolute Gasteiger partial charge is 0.454 e. The predicted molar refractivity (Wildman–Crippen MR) is 82.6 cm³/mol. The summed E-state index contributed by atoms with van der Waals surface area (Å²) in [5.41, 5.74) is 2.90. The number of furan rings is 1. The molecule has 0 spiro atoms. The monoisotopic (exact) mass is 282 g/mol. The van der Waals surface area contributed by atoms with Gasteiger partial charge >= 0.3 is 0 Å². The lowest BCUT2D eigenvalue weighted by molar-refractivity contribution is 0.112. The van der Waals surface area contributed by atoms with Crippen LogP contribution in [0.4, 0.5) is 0 Å². The van der Waals surface area contributed by atoms with Crippen molar-refractivity contribution in [3.8, 4) is 11.5 Å². The first-order valence-electron chi connectivity index (χ1n) is 6.94. The summed E-state index contributed by atoms with van der Waals surface area (Å²) in [7, 11) is 0. The van der Waals surface area contributed by atoms with Gasteiger partial charge in [0.2, 0.25) is 0 Å². The van der Waals surface area contributed by atoms with E-state index in [9.17, 15) is 4.79 Å². The number of carbonyl (C=O) groups is 1. The summed E-state index contributed by atoms with van der Waals surface area (Å²) in [6.45, 7) is 8.15. The van der Waals surface area contributed by atoms with Gasteiger partial charge in [-0.15, -0.1) is 0 Å². The third-order valence-corrected chi connectivity index (χ3v) is 3.47. The molecule has 2 aromatic heterocycles. The fourth-order valence-electron chi connectivity index (χ4n) is 2.26. The molecule has 3 rings (SSSR count). The standard InChI is InChI=1S/C17H18N2O2/c1-11-5-6-12-8-15(21-14(12)7-11)16-13(10-20)9-19(18-16)17(2,3)4/h5-10H,1-4H3. The molecule has 0 amide bonds. The molecular formula is C17H18N2O2. The Morgan fingerprint density at radius 2 is 2.00 bits per heavy atom. The lowest BCUT2D eigenvalue weighted by Gasteiger charge is -2.18. The van der Waals surface area contributed by atoms with Crippen molar-refractivity contribution in [3.63, 3.8) is 0 Å². The van der Waals surface area contributed by atoms with Crippen LogP contribution in [0.5, 0.6) is 0 Å². The minimum Gasteiger partial charge on any atom is -0.454 e. The Hall–Kier alpha value is -2.36. The maximum atomic E-state index is 11.3. The Labute approximate surface area is 123 Å². The molecule has 21 heavy (non-hydrogen) atoms. The third kappa shape index (κ3) is 2.37. The van der Waals surface area contributed by atoms with E-state index in [0.29, 0.717) is 17.0 Å². The van der Waals surface area contributed by atoms with Gasteiger partial charge in [0.25, 0.3) is 0 Å². The highest BCUT2D eigenvalue weighted by Crippen LogP contribution is 2.30. The number of hydrogen-bond acceptors (Lipinski definition) is 3. The lowest BCUT2D eigenvalue weighted by Crippen LogP contribution is -2.22. The fourth-order valence-corrected chi connectivity index (χ4v) is 2.26. The summed E-state index contributed by atoms with van der Waals surface area (Å²) in [6, 6.07) is 7.96. The highest BCUT2D eigenvalue weighted by atomic mass is 16.3. The number of benzene rings is 1. The summed E-state index contributed by atoms with van der Waals surface area (Å²) >= 11 is 0. The molecule has 0 aliphatic heterocycles. The number of carbonyl (C=O) groups excluding carboxylic acids is 1. The highest BCUT2D eigenvalue weighted by Gasteiger charge is 2.20. The first kappa shape index (κ1) is 13.6. The van der Waals surface area contributed by atoms with E-state index in [1.807, 2.05) is 52.0 Å². The van der Waals surface area contributed by atoms with Gasteiger partial charge < -0.3 is 4.42 Å². The summed E-state index contributed by atoms with van der Waals surface area (Å²) in [6.07, 6.45) is 2.59. The van der Waals surface area contributed by atoms with Crippen molar-refractivity contribution in [2.75, 3.05) is 0 Å². The molecule has 0 unspecified atom stereocenters. The Balaban J connectivity index is 2.17. The number of nitrogens with zero attached hydrogens (tertiary/aromatic N) is 2. The summed E-state index contributed by atoms with van der Waals surface area (Å²) < 4.78 is 7.66. The van der Waals surface area contributed by atoms with Crippen molar-refractivity contribution in [1.29, 1.82) is 0 Å². The van der Waals surface area contributed by atoms with Gasteiger partial charge in [0.1, 0.15) is 11.3 Å². The summed E-state index contributed by atoms with van der Waals surface area (Å²) in [4.78, 5) is 11.3. The molecule has 4 heteroatoms. The maximum absolute atomic E-state index is 11.3. The minimum atomic E-state index is -0.182. The zero-order valence-corrected chi connectivity index (χ0v) is 12.7. The quantitative estimate of drug-likeness (QED) is 0.663. The highest BCUT2D eigenvalue weighted by molar-refractivity contribution is 5.88.